The van der Waals surface area contributed by atoms with Gasteiger partial charge >= 0.3 is 0 Å². The SMILES string of the molecule is CCc1cccc(C)c1NC(=O)c1cnc(Cl)c(Cl)c1. The molecular weight excluding hydrogens is 295 g/mol. The van der Waals surface area contributed by atoms with Crippen LogP contribution in [0.3, 0.4) is 0 Å². The molecule has 2 aromatic rings. The van der Waals surface area contributed by atoms with Gasteiger partial charge in [0.1, 0.15) is 5.15 Å². The predicted octanol–water partition coefficient (Wildman–Crippen LogP) is 4.51. The van der Waals surface area contributed by atoms with Gasteiger partial charge in [-0.15, -0.1) is 0 Å². The molecule has 0 aliphatic carbocycles. The van der Waals surface area contributed by atoms with Crippen molar-refractivity contribution < 1.29 is 4.79 Å². The molecule has 0 aliphatic heterocycles. The fourth-order valence-electron chi connectivity index (χ4n) is 1.93. The van der Waals surface area contributed by atoms with Crippen molar-refractivity contribution in [1.82, 2.24) is 4.98 Å². The minimum absolute atomic E-state index is 0.188. The number of benzene rings is 1. The van der Waals surface area contributed by atoms with Crippen LogP contribution in [0.2, 0.25) is 10.2 Å². The Morgan fingerprint density at radius 3 is 2.75 bits per heavy atom. The monoisotopic (exact) mass is 308 g/mol. The molecule has 0 fully saturated rings. The number of para-hydroxylation sites is 1. The minimum atomic E-state index is -0.250. The summed E-state index contributed by atoms with van der Waals surface area (Å²) in [5.74, 6) is -0.250. The number of halogens is 2. The van der Waals surface area contributed by atoms with Gasteiger partial charge in [-0.25, -0.2) is 4.98 Å². The third kappa shape index (κ3) is 3.11. The van der Waals surface area contributed by atoms with Gasteiger partial charge in [-0.05, 0) is 30.5 Å². The van der Waals surface area contributed by atoms with E-state index in [9.17, 15) is 4.79 Å². The molecule has 1 aromatic heterocycles. The summed E-state index contributed by atoms with van der Waals surface area (Å²) in [5, 5.41) is 3.36. The van der Waals surface area contributed by atoms with Gasteiger partial charge in [0.05, 0.1) is 10.6 Å². The predicted molar refractivity (Wildman–Crippen MR) is 82.8 cm³/mol. The number of nitrogens with one attached hydrogen (secondary N) is 1. The second-order valence-electron chi connectivity index (χ2n) is 4.41. The fraction of sp³-hybridized carbons (Fsp3) is 0.200. The molecule has 0 radical (unpaired) electrons. The molecule has 0 unspecified atom stereocenters. The van der Waals surface area contributed by atoms with Crippen molar-refractivity contribution in [2.45, 2.75) is 20.3 Å². The number of rotatable bonds is 3. The maximum Gasteiger partial charge on any atom is 0.257 e. The van der Waals surface area contributed by atoms with Gasteiger partial charge in [0, 0.05) is 11.9 Å². The van der Waals surface area contributed by atoms with E-state index in [1.807, 2.05) is 32.0 Å². The van der Waals surface area contributed by atoms with Crippen LogP contribution in [-0.4, -0.2) is 10.9 Å². The Hall–Kier alpha value is -1.58. The summed E-state index contributed by atoms with van der Waals surface area (Å²) in [7, 11) is 0. The van der Waals surface area contributed by atoms with Gasteiger partial charge in [0.15, 0.2) is 0 Å². The number of aryl methyl sites for hydroxylation is 2. The average molecular weight is 309 g/mol. The lowest BCUT2D eigenvalue weighted by Crippen LogP contribution is -2.14. The van der Waals surface area contributed by atoms with Crippen molar-refractivity contribution in [3.8, 4) is 0 Å². The first-order valence-corrected chi connectivity index (χ1v) is 6.99. The molecule has 1 amide bonds. The molecule has 104 valence electrons. The highest BCUT2D eigenvalue weighted by molar-refractivity contribution is 6.41. The molecule has 0 saturated carbocycles. The van der Waals surface area contributed by atoms with Gasteiger partial charge in [-0.2, -0.15) is 0 Å². The van der Waals surface area contributed by atoms with E-state index >= 15 is 0 Å². The molecule has 1 N–H and O–H groups in total. The number of nitrogens with zero attached hydrogens (tertiary/aromatic N) is 1. The topological polar surface area (TPSA) is 42.0 Å². The third-order valence-electron chi connectivity index (χ3n) is 3.04. The highest BCUT2D eigenvalue weighted by Gasteiger charge is 2.12. The molecule has 2 rings (SSSR count). The molecule has 0 spiro atoms. The zero-order valence-electron chi connectivity index (χ0n) is 11.2. The Balaban J connectivity index is 2.30. The van der Waals surface area contributed by atoms with Gasteiger partial charge in [0.2, 0.25) is 0 Å². The Kier molecular flexibility index (Phi) is 4.63. The quantitative estimate of drug-likeness (QED) is 0.848. The van der Waals surface area contributed by atoms with Crippen LogP contribution in [0.4, 0.5) is 5.69 Å². The number of amides is 1. The van der Waals surface area contributed by atoms with Crippen molar-refractivity contribution in [1.29, 1.82) is 0 Å². The van der Waals surface area contributed by atoms with E-state index in [2.05, 4.69) is 10.3 Å². The Labute approximate surface area is 127 Å². The van der Waals surface area contributed by atoms with Gasteiger partial charge in [-0.3, -0.25) is 4.79 Å². The van der Waals surface area contributed by atoms with E-state index in [4.69, 9.17) is 23.2 Å². The number of carbonyl (C=O) groups is 1. The van der Waals surface area contributed by atoms with Crippen LogP contribution in [0, 0.1) is 6.92 Å². The van der Waals surface area contributed by atoms with Gasteiger partial charge in [-0.1, -0.05) is 48.3 Å². The first-order chi connectivity index (χ1) is 9.52. The maximum atomic E-state index is 12.2. The van der Waals surface area contributed by atoms with Crippen molar-refractivity contribution in [2.24, 2.45) is 0 Å². The van der Waals surface area contributed by atoms with E-state index in [1.54, 1.807) is 0 Å². The first-order valence-electron chi connectivity index (χ1n) is 6.23. The van der Waals surface area contributed by atoms with Crippen molar-refractivity contribution in [2.75, 3.05) is 5.32 Å². The Morgan fingerprint density at radius 2 is 2.10 bits per heavy atom. The van der Waals surface area contributed by atoms with Crippen LogP contribution in [0.5, 0.6) is 0 Å². The molecule has 5 heteroatoms. The normalized spacial score (nSPS) is 10.4. The second-order valence-corrected chi connectivity index (χ2v) is 5.18. The molecule has 20 heavy (non-hydrogen) atoms. The van der Waals surface area contributed by atoms with Crippen molar-refractivity contribution in [3.05, 3.63) is 57.3 Å². The lowest BCUT2D eigenvalue weighted by atomic mass is 10.1. The van der Waals surface area contributed by atoms with E-state index < -0.39 is 0 Å². The fourth-order valence-corrected chi connectivity index (χ4v) is 2.20. The van der Waals surface area contributed by atoms with E-state index in [-0.39, 0.29) is 16.1 Å². The number of carbonyl (C=O) groups excluding carboxylic acids is 1. The molecule has 0 bridgehead atoms. The van der Waals surface area contributed by atoms with Crippen LogP contribution in [0.1, 0.15) is 28.4 Å². The summed E-state index contributed by atoms with van der Waals surface area (Å²) in [6.45, 7) is 4.01. The summed E-state index contributed by atoms with van der Waals surface area (Å²) < 4.78 is 0. The van der Waals surface area contributed by atoms with Crippen LogP contribution in [-0.2, 0) is 6.42 Å². The number of hydrogen-bond donors (Lipinski definition) is 1. The largest absolute Gasteiger partial charge is 0.321 e. The zero-order valence-corrected chi connectivity index (χ0v) is 12.7. The minimum Gasteiger partial charge on any atom is -0.321 e. The Morgan fingerprint density at radius 1 is 1.35 bits per heavy atom. The number of hydrogen-bond acceptors (Lipinski definition) is 2. The molecule has 0 aliphatic rings. The lowest BCUT2D eigenvalue weighted by Gasteiger charge is -2.13. The molecular formula is C15H14Cl2N2O. The number of pyridine rings is 1. The molecule has 0 atom stereocenters. The lowest BCUT2D eigenvalue weighted by molar-refractivity contribution is 0.102. The average Bonchev–Trinajstić information content (AvgIpc) is 2.44. The van der Waals surface area contributed by atoms with Crippen LogP contribution >= 0.6 is 23.2 Å². The maximum absolute atomic E-state index is 12.2. The smallest absolute Gasteiger partial charge is 0.257 e. The van der Waals surface area contributed by atoms with Gasteiger partial charge < -0.3 is 5.32 Å². The third-order valence-corrected chi connectivity index (χ3v) is 3.72. The molecule has 0 saturated heterocycles. The van der Waals surface area contributed by atoms with Gasteiger partial charge in [0.25, 0.3) is 5.91 Å². The standard InChI is InChI=1S/C15H14Cl2N2O/c1-3-10-6-4-5-9(2)13(10)19-15(20)11-7-12(16)14(17)18-8-11/h4-8H,3H2,1-2H3,(H,19,20). The molecule has 1 aromatic carbocycles. The van der Waals surface area contributed by atoms with E-state index in [0.717, 1.165) is 23.2 Å². The summed E-state index contributed by atoms with van der Waals surface area (Å²) in [4.78, 5) is 16.1. The first kappa shape index (κ1) is 14.8. The zero-order chi connectivity index (χ0) is 14.7. The van der Waals surface area contributed by atoms with E-state index in [1.165, 1.54) is 12.3 Å². The van der Waals surface area contributed by atoms with Crippen molar-refractivity contribution in [3.63, 3.8) is 0 Å². The van der Waals surface area contributed by atoms with E-state index in [0.29, 0.717) is 5.56 Å². The number of anilines is 1. The van der Waals surface area contributed by atoms with Crippen molar-refractivity contribution >= 4 is 34.8 Å². The number of aromatic nitrogens is 1. The molecule has 1 heterocycles. The summed E-state index contributed by atoms with van der Waals surface area (Å²) in [6, 6.07) is 7.44. The summed E-state index contributed by atoms with van der Waals surface area (Å²) >= 11 is 11.6. The van der Waals surface area contributed by atoms with Crippen LogP contribution in [0.15, 0.2) is 30.5 Å². The second kappa shape index (κ2) is 6.25. The Bertz CT molecular complexity index is 656. The molecule has 3 nitrogen and oxygen atoms in total. The summed E-state index contributed by atoms with van der Waals surface area (Å²) in [6.07, 6.45) is 2.25. The van der Waals surface area contributed by atoms with Crippen LogP contribution < -0.4 is 5.32 Å². The highest BCUT2D eigenvalue weighted by atomic mass is 35.5. The highest BCUT2D eigenvalue weighted by Crippen LogP contribution is 2.23. The summed E-state index contributed by atoms with van der Waals surface area (Å²) in [5.41, 5.74) is 3.33. The van der Waals surface area contributed by atoms with Crippen LogP contribution in [0.25, 0.3) is 0 Å².